The van der Waals surface area contributed by atoms with Crippen molar-refractivity contribution in [1.29, 1.82) is 0 Å². The van der Waals surface area contributed by atoms with Gasteiger partial charge in [0.2, 0.25) is 0 Å². The van der Waals surface area contributed by atoms with Gasteiger partial charge in [-0.25, -0.2) is 4.79 Å². The minimum Gasteiger partial charge on any atom is -0.445 e. The van der Waals surface area contributed by atoms with Gasteiger partial charge in [-0.1, -0.05) is 50.6 Å². The summed E-state index contributed by atoms with van der Waals surface area (Å²) in [5.41, 5.74) is 5.51. The average molecular weight is 335 g/mol. The number of amides is 1. The van der Waals surface area contributed by atoms with Crippen LogP contribution >= 0.6 is 0 Å². The third-order valence-electron chi connectivity index (χ3n) is 4.60. The van der Waals surface area contributed by atoms with Gasteiger partial charge >= 0.3 is 6.09 Å². The summed E-state index contributed by atoms with van der Waals surface area (Å²) in [6, 6.07) is 0.933. The number of nitrogens with two attached hydrogens (primary N) is 1. The summed E-state index contributed by atoms with van der Waals surface area (Å²) in [6.45, 7) is 12.3. The summed E-state index contributed by atoms with van der Waals surface area (Å²) >= 11 is 0. The SMILES string of the molecule is C=C/C=C(\C=C)COC(N)=O.CN1CCN(C2CCCCC2)CC1. The minimum atomic E-state index is -0.790. The Morgan fingerprint density at radius 1 is 1.17 bits per heavy atom. The number of rotatable bonds is 5. The van der Waals surface area contributed by atoms with Crippen molar-refractivity contribution in [2.75, 3.05) is 39.8 Å². The largest absolute Gasteiger partial charge is 0.445 e. The fourth-order valence-electron chi connectivity index (χ4n) is 3.11. The Morgan fingerprint density at radius 3 is 2.29 bits per heavy atom. The molecule has 0 unspecified atom stereocenters. The fourth-order valence-corrected chi connectivity index (χ4v) is 3.11. The van der Waals surface area contributed by atoms with E-state index >= 15 is 0 Å². The molecule has 0 spiro atoms. The van der Waals surface area contributed by atoms with Crippen molar-refractivity contribution < 1.29 is 9.53 Å². The van der Waals surface area contributed by atoms with Crippen molar-refractivity contribution in [3.63, 3.8) is 0 Å². The monoisotopic (exact) mass is 335 g/mol. The highest BCUT2D eigenvalue weighted by Gasteiger charge is 2.23. The molecule has 1 amide bonds. The third kappa shape index (κ3) is 8.31. The van der Waals surface area contributed by atoms with Crippen LogP contribution in [-0.2, 0) is 4.74 Å². The molecular weight excluding hydrogens is 302 g/mol. The van der Waals surface area contributed by atoms with E-state index in [1.807, 2.05) is 0 Å². The molecule has 5 nitrogen and oxygen atoms in total. The molecule has 2 aliphatic rings. The molecule has 1 heterocycles. The number of carbonyl (C=O) groups is 1. The summed E-state index contributed by atoms with van der Waals surface area (Å²) in [5, 5.41) is 0. The maximum Gasteiger partial charge on any atom is 0.404 e. The molecule has 1 aliphatic heterocycles. The van der Waals surface area contributed by atoms with Crippen LogP contribution in [0.15, 0.2) is 37.0 Å². The van der Waals surface area contributed by atoms with E-state index in [1.165, 1.54) is 58.3 Å². The molecular formula is C19H33N3O2. The van der Waals surface area contributed by atoms with E-state index in [2.05, 4.69) is 34.7 Å². The molecule has 2 rings (SSSR count). The maximum atomic E-state index is 10.1. The lowest BCUT2D eigenvalue weighted by Gasteiger charge is -2.39. The van der Waals surface area contributed by atoms with Gasteiger partial charge in [-0.15, -0.1) is 0 Å². The van der Waals surface area contributed by atoms with Crippen LogP contribution in [0.1, 0.15) is 32.1 Å². The van der Waals surface area contributed by atoms with Gasteiger partial charge in [-0.3, -0.25) is 4.90 Å². The predicted molar refractivity (Wildman–Crippen MR) is 100.0 cm³/mol. The van der Waals surface area contributed by atoms with Gasteiger partial charge in [-0.05, 0) is 25.5 Å². The number of primary amides is 1. The third-order valence-corrected chi connectivity index (χ3v) is 4.60. The molecule has 1 saturated carbocycles. The summed E-state index contributed by atoms with van der Waals surface area (Å²) in [7, 11) is 2.23. The average Bonchev–Trinajstić information content (AvgIpc) is 2.60. The van der Waals surface area contributed by atoms with Crippen LogP contribution in [0.4, 0.5) is 4.79 Å². The van der Waals surface area contributed by atoms with E-state index in [0.29, 0.717) is 0 Å². The van der Waals surface area contributed by atoms with Crippen molar-refractivity contribution in [3.8, 4) is 0 Å². The van der Waals surface area contributed by atoms with Crippen molar-refractivity contribution in [1.82, 2.24) is 9.80 Å². The predicted octanol–water partition coefficient (Wildman–Crippen LogP) is 2.95. The summed E-state index contributed by atoms with van der Waals surface area (Å²) in [5.74, 6) is 0. The first kappa shape index (κ1) is 20.5. The lowest BCUT2D eigenvalue weighted by molar-refractivity contribution is 0.0913. The van der Waals surface area contributed by atoms with Gasteiger partial charge in [0.25, 0.3) is 0 Å². The van der Waals surface area contributed by atoms with Gasteiger partial charge in [0, 0.05) is 32.2 Å². The van der Waals surface area contributed by atoms with Crippen LogP contribution in [0.25, 0.3) is 0 Å². The minimum absolute atomic E-state index is 0.144. The zero-order chi connectivity index (χ0) is 17.8. The van der Waals surface area contributed by atoms with Crippen LogP contribution in [0, 0.1) is 0 Å². The zero-order valence-corrected chi connectivity index (χ0v) is 15.1. The van der Waals surface area contributed by atoms with E-state index in [9.17, 15) is 4.79 Å². The van der Waals surface area contributed by atoms with E-state index in [-0.39, 0.29) is 6.61 Å². The van der Waals surface area contributed by atoms with Crippen molar-refractivity contribution in [2.45, 2.75) is 38.1 Å². The molecule has 0 atom stereocenters. The van der Waals surface area contributed by atoms with Gasteiger partial charge < -0.3 is 15.4 Å². The second kappa shape index (κ2) is 11.9. The molecule has 1 aliphatic carbocycles. The van der Waals surface area contributed by atoms with Crippen molar-refractivity contribution in [2.24, 2.45) is 5.73 Å². The number of nitrogens with zero attached hydrogens (tertiary/aromatic N) is 2. The molecule has 2 N–H and O–H groups in total. The lowest BCUT2D eigenvalue weighted by Crippen LogP contribution is -2.49. The molecule has 0 aromatic rings. The second-order valence-corrected chi connectivity index (χ2v) is 6.42. The molecule has 0 bridgehead atoms. The van der Waals surface area contributed by atoms with Gasteiger partial charge in [0.05, 0.1) is 0 Å². The maximum absolute atomic E-state index is 10.1. The number of hydrogen-bond donors (Lipinski definition) is 1. The van der Waals surface area contributed by atoms with E-state index in [4.69, 9.17) is 5.73 Å². The zero-order valence-electron chi connectivity index (χ0n) is 15.1. The molecule has 0 aromatic heterocycles. The molecule has 0 aromatic carbocycles. The highest BCUT2D eigenvalue weighted by Crippen LogP contribution is 2.23. The first-order valence-corrected chi connectivity index (χ1v) is 8.85. The molecule has 24 heavy (non-hydrogen) atoms. The highest BCUT2D eigenvalue weighted by molar-refractivity contribution is 5.64. The van der Waals surface area contributed by atoms with Crippen LogP contribution in [-0.4, -0.2) is 61.8 Å². The van der Waals surface area contributed by atoms with Crippen LogP contribution in [0.5, 0.6) is 0 Å². The van der Waals surface area contributed by atoms with Crippen LogP contribution < -0.4 is 5.73 Å². The Hall–Kier alpha value is -1.59. The number of carbonyl (C=O) groups excluding carboxylic acids is 1. The normalized spacial score (nSPS) is 20.6. The molecule has 0 radical (unpaired) electrons. The second-order valence-electron chi connectivity index (χ2n) is 6.42. The van der Waals surface area contributed by atoms with Gasteiger partial charge in [0.15, 0.2) is 0 Å². The summed E-state index contributed by atoms with van der Waals surface area (Å²) < 4.78 is 4.50. The van der Waals surface area contributed by atoms with Crippen LogP contribution in [0.3, 0.4) is 0 Å². The number of piperazine rings is 1. The Labute approximate surface area is 146 Å². The first-order valence-electron chi connectivity index (χ1n) is 8.85. The number of allylic oxidation sites excluding steroid dienone is 2. The lowest BCUT2D eigenvalue weighted by atomic mass is 9.94. The van der Waals surface area contributed by atoms with Crippen molar-refractivity contribution >= 4 is 6.09 Å². The van der Waals surface area contributed by atoms with E-state index in [0.717, 1.165) is 11.6 Å². The quantitative estimate of drug-likeness (QED) is 0.785. The smallest absolute Gasteiger partial charge is 0.404 e. The fraction of sp³-hybridized carbons (Fsp3) is 0.632. The summed E-state index contributed by atoms with van der Waals surface area (Å²) in [6.07, 6.45) is 11.4. The topological polar surface area (TPSA) is 58.8 Å². The number of ether oxygens (including phenoxy) is 1. The van der Waals surface area contributed by atoms with E-state index < -0.39 is 6.09 Å². The van der Waals surface area contributed by atoms with Gasteiger partial charge in [0.1, 0.15) is 6.61 Å². The Bertz CT molecular complexity index is 420. The van der Waals surface area contributed by atoms with Crippen LogP contribution in [0.2, 0.25) is 0 Å². The Balaban J connectivity index is 0.000000245. The van der Waals surface area contributed by atoms with Crippen molar-refractivity contribution in [3.05, 3.63) is 37.0 Å². The molecule has 136 valence electrons. The van der Waals surface area contributed by atoms with E-state index in [1.54, 1.807) is 18.2 Å². The standard InChI is InChI=1S/C11H22N2.C8H11NO2/c1-12-7-9-13(10-8-12)11-5-3-2-4-6-11;1-3-5-7(4-2)6-11-8(9)10/h11H,2-10H2,1H3;3-5H,1-2,6H2,(H2,9,10)/b;7-5+. The highest BCUT2D eigenvalue weighted by atomic mass is 16.5. The molecule has 5 heteroatoms. The molecule has 2 fully saturated rings. The Morgan fingerprint density at radius 2 is 1.79 bits per heavy atom. The number of hydrogen-bond acceptors (Lipinski definition) is 4. The van der Waals surface area contributed by atoms with Gasteiger partial charge in [-0.2, -0.15) is 0 Å². The summed E-state index contributed by atoms with van der Waals surface area (Å²) in [4.78, 5) is 15.3. The Kier molecular flexibility index (Phi) is 10.1. The number of likely N-dealkylation sites (N-methyl/N-ethyl adjacent to an activating group) is 1. The molecule has 1 saturated heterocycles. The first-order chi connectivity index (χ1) is 11.6.